The first-order valence-electron chi connectivity index (χ1n) is 3.69. The molecular formula is C8H12O4. The van der Waals surface area contributed by atoms with Gasteiger partial charge in [-0.2, -0.15) is 0 Å². The normalized spacial score (nSPS) is 13.1. The lowest BCUT2D eigenvalue weighted by Crippen LogP contribution is -2.18. The second-order valence-electron chi connectivity index (χ2n) is 2.35. The average molecular weight is 172 g/mol. The molecule has 1 atom stereocenters. The molecule has 0 saturated heterocycles. The highest BCUT2D eigenvalue weighted by atomic mass is 16.4. The Morgan fingerprint density at radius 2 is 2.17 bits per heavy atom. The second-order valence-corrected chi connectivity index (χ2v) is 2.35. The van der Waals surface area contributed by atoms with E-state index < -0.39 is 12.1 Å². The zero-order chi connectivity index (χ0) is 9.40. The predicted octanol–water partition coefficient (Wildman–Crippen LogP) is 0.357. The molecule has 0 rings (SSSR count). The Morgan fingerprint density at radius 1 is 1.50 bits per heavy atom. The third-order valence-corrected chi connectivity index (χ3v) is 1.35. The van der Waals surface area contributed by atoms with E-state index in [1.165, 1.54) is 6.08 Å². The van der Waals surface area contributed by atoms with Crippen LogP contribution >= 0.6 is 0 Å². The lowest BCUT2D eigenvalue weighted by Gasteiger charge is -2.01. The Labute approximate surface area is 70.5 Å². The molecule has 0 aromatic rings. The van der Waals surface area contributed by atoms with Crippen molar-refractivity contribution in [2.75, 3.05) is 0 Å². The minimum atomic E-state index is -1.28. The van der Waals surface area contributed by atoms with E-state index >= 15 is 0 Å². The van der Waals surface area contributed by atoms with E-state index in [2.05, 4.69) is 0 Å². The number of carboxylic acid groups (broad SMARTS) is 1. The SMILES string of the molecule is O=CC=CCCCC(O)C(=O)O. The standard InChI is InChI=1S/C8H12O4/c9-6-4-2-1-3-5-7(10)8(11)12/h2,4,6-7,10H,1,3,5H2,(H,11,12). The summed E-state index contributed by atoms with van der Waals surface area (Å²) in [5.74, 6) is -1.20. The van der Waals surface area contributed by atoms with E-state index in [0.29, 0.717) is 19.1 Å². The number of aliphatic hydroxyl groups is 1. The monoisotopic (exact) mass is 172 g/mol. The van der Waals surface area contributed by atoms with Gasteiger partial charge in [-0.1, -0.05) is 6.08 Å². The molecule has 0 aromatic heterocycles. The Kier molecular flexibility index (Phi) is 5.91. The topological polar surface area (TPSA) is 74.6 Å². The van der Waals surface area contributed by atoms with Crippen LogP contribution in [0.5, 0.6) is 0 Å². The largest absolute Gasteiger partial charge is 0.479 e. The maximum Gasteiger partial charge on any atom is 0.332 e. The fourth-order valence-electron chi connectivity index (χ4n) is 0.704. The van der Waals surface area contributed by atoms with Gasteiger partial charge in [0.2, 0.25) is 0 Å². The van der Waals surface area contributed by atoms with Crippen molar-refractivity contribution in [1.29, 1.82) is 0 Å². The summed E-state index contributed by atoms with van der Waals surface area (Å²) in [7, 11) is 0. The van der Waals surface area contributed by atoms with Gasteiger partial charge >= 0.3 is 5.97 Å². The van der Waals surface area contributed by atoms with E-state index in [0.717, 1.165) is 0 Å². The molecule has 0 amide bonds. The van der Waals surface area contributed by atoms with Gasteiger partial charge in [0.1, 0.15) is 6.29 Å². The van der Waals surface area contributed by atoms with Crippen LogP contribution < -0.4 is 0 Å². The molecule has 0 aromatic carbocycles. The molecule has 0 aliphatic rings. The van der Waals surface area contributed by atoms with E-state index in [-0.39, 0.29) is 6.42 Å². The van der Waals surface area contributed by atoms with Crippen LogP contribution in [0.3, 0.4) is 0 Å². The number of carbonyl (C=O) groups excluding carboxylic acids is 1. The van der Waals surface area contributed by atoms with Crippen LogP contribution in [0, 0.1) is 0 Å². The number of allylic oxidation sites excluding steroid dienone is 2. The van der Waals surface area contributed by atoms with Crippen molar-refractivity contribution in [2.24, 2.45) is 0 Å². The van der Waals surface area contributed by atoms with E-state index in [9.17, 15) is 9.59 Å². The molecule has 2 N–H and O–H groups in total. The van der Waals surface area contributed by atoms with E-state index in [1.807, 2.05) is 0 Å². The van der Waals surface area contributed by atoms with Gasteiger partial charge in [-0.15, -0.1) is 0 Å². The molecule has 0 bridgehead atoms. The number of rotatable bonds is 6. The number of carbonyl (C=O) groups is 2. The van der Waals surface area contributed by atoms with Crippen LogP contribution in [0.2, 0.25) is 0 Å². The minimum absolute atomic E-state index is 0.221. The van der Waals surface area contributed by atoms with Crippen LogP contribution in [0.15, 0.2) is 12.2 Å². The number of hydrogen-bond donors (Lipinski definition) is 2. The first-order valence-corrected chi connectivity index (χ1v) is 3.69. The maximum atomic E-state index is 10.1. The number of hydrogen-bond acceptors (Lipinski definition) is 3. The van der Waals surface area contributed by atoms with Gasteiger partial charge in [-0.3, -0.25) is 4.79 Å². The second kappa shape index (κ2) is 6.54. The number of aliphatic hydroxyl groups excluding tert-OH is 1. The first kappa shape index (κ1) is 10.8. The van der Waals surface area contributed by atoms with E-state index in [1.54, 1.807) is 6.08 Å². The molecule has 0 radical (unpaired) electrons. The molecule has 0 aliphatic heterocycles. The molecule has 0 aliphatic carbocycles. The summed E-state index contributed by atoms with van der Waals surface area (Å²) in [6.07, 6.45) is 3.77. The number of carboxylic acids is 1. The fourth-order valence-corrected chi connectivity index (χ4v) is 0.704. The Hall–Kier alpha value is -1.16. The Morgan fingerprint density at radius 3 is 2.67 bits per heavy atom. The lowest BCUT2D eigenvalue weighted by molar-refractivity contribution is -0.146. The predicted molar refractivity (Wildman–Crippen MR) is 42.7 cm³/mol. The van der Waals surface area contributed by atoms with Crippen molar-refractivity contribution >= 4 is 12.3 Å². The van der Waals surface area contributed by atoms with Crippen LogP contribution in [0.25, 0.3) is 0 Å². The van der Waals surface area contributed by atoms with E-state index in [4.69, 9.17) is 10.2 Å². The van der Waals surface area contributed by atoms with Crippen LogP contribution in [0.4, 0.5) is 0 Å². The molecule has 0 saturated carbocycles. The van der Waals surface area contributed by atoms with Gasteiger partial charge in [-0.25, -0.2) is 4.79 Å². The van der Waals surface area contributed by atoms with Crippen molar-refractivity contribution in [3.8, 4) is 0 Å². The highest BCUT2D eigenvalue weighted by Crippen LogP contribution is 2.01. The summed E-state index contributed by atoms with van der Waals surface area (Å²) in [4.78, 5) is 19.9. The van der Waals surface area contributed by atoms with Gasteiger partial charge in [-0.05, 0) is 25.3 Å². The van der Waals surface area contributed by atoms with Crippen molar-refractivity contribution in [3.05, 3.63) is 12.2 Å². The summed E-state index contributed by atoms with van der Waals surface area (Å²) in [6.45, 7) is 0. The fraction of sp³-hybridized carbons (Fsp3) is 0.500. The van der Waals surface area contributed by atoms with Crippen molar-refractivity contribution in [2.45, 2.75) is 25.4 Å². The quantitative estimate of drug-likeness (QED) is 0.344. The van der Waals surface area contributed by atoms with Crippen LogP contribution in [0.1, 0.15) is 19.3 Å². The molecule has 1 unspecified atom stereocenters. The minimum Gasteiger partial charge on any atom is -0.479 e. The zero-order valence-electron chi connectivity index (χ0n) is 6.64. The average Bonchev–Trinajstić information content (AvgIpc) is 2.03. The number of aldehydes is 1. The van der Waals surface area contributed by atoms with Crippen LogP contribution in [-0.4, -0.2) is 28.6 Å². The summed E-state index contributed by atoms with van der Waals surface area (Å²) >= 11 is 0. The third kappa shape index (κ3) is 5.61. The van der Waals surface area contributed by atoms with Gasteiger partial charge in [0.25, 0.3) is 0 Å². The smallest absolute Gasteiger partial charge is 0.332 e. The Balaban J connectivity index is 3.37. The highest BCUT2D eigenvalue weighted by Gasteiger charge is 2.10. The molecule has 0 spiro atoms. The number of aliphatic carboxylic acids is 1. The number of unbranched alkanes of at least 4 members (excludes halogenated alkanes) is 1. The van der Waals surface area contributed by atoms with Crippen molar-refractivity contribution in [1.82, 2.24) is 0 Å². The highest BCUT2D eigenvalue weighted by molar-refractivity contribution is 5.71. The molecule has 4 heteroatoms. The third-order valence-electron chi connectivity index (χ3n) is 1.35. The molecule has 0 heterocycles. The van der Waals surface area contributed by atoms with Gasteiger partial charge in [0.15, 0.2) is 6.10 Å². The first-order chi connectivity index (χ1) is 5.68. The Bertz CT molecular complexity index is 174. The van der Waals surface area contributed by atoms with Gasteiger partial charge < -0.3 is 10.2 Å². The van der Waals surface area contributed by atoms with Crippen molar-refractivity contribution in [3.63, 3.8) is 0 Å². The van der Waals surface area contributed by atoms with Crippen molar-refractivity contribution < 1.29 is 19.8 Å². The summed E-state index contributed by atoms with van der Waals surface area (Å²) in [5.41, 5.74) is 0. The summed E-state index contributed by atoms with van der Waals surface area (Å²) < 4.78 is 0. The molecular weight excluding hydrogens is 160 g/mol. The molecule has 68 valence electrons. The van der Waals surface area contributed by atoms with Crippen LogP contribution in [-0.2, 0) is 9.59 Å². The molecule has 0 fully saturated rings. The van der Waals surface area contributed by atoms with Gasteiger partial charge in [0.05, 0.1) is 0 Å². The maximum absolute atomic E-state index is 10.1. The zero-order valence-corrected chi connectivity index (χ0v) is 6.64. The summed E-state index contributed by atoms with van der Waals surface area (Å²) in [5, 5.41) is 17.1. The van der Waals surface area contributed by atoms with Gasteiger partial charge in [0, 0.05) is 0 Å². The molecule has 4 nitrogen and oxygen atoms in total. The lowest BCUT2D eigenvalue weighted by atomic mass is 10.1. The molecule has 12 heavy (non-hydrogen) atoms. The summed E-state index contributed by atoms with van der Waals surface area (Å²) in [6, 6.07) is 0.